The minimum absolute atomic E-state index is 0. The predicted octanol–water partition coefficient (Wildman–Crippen LogP) is 1.17. The normalized spacial score (nSPS) is 16.2. The van der Waals surface area contributed by atoms with Gasteiger partial charge in [-0.05, 0) is 5.92 Å². The first-order chi connectivity index (χ1) is 6.15. The molecule has 0 aromatic heterocycles. The van der Waals surface area contributed by atoms with E-state index in [0.29, 0.717) is 13.0 Å². The van der Waals surface area contributed by atoms with Crippen molar-refractivity contribution in [2.45, 2.75) is 20.3 Å². The minimum Gasteiger partial charge on any atom is -0.542 e. The number of hydrogen-bond acceptors (Lipinski definition) is 3. The van der Waals surface area contributed by atoms with Crippen LogP contribution in [0.2, 0.25) is 0 Å². The second kappa shape index (κ2) is 9.94. The summed E-state index contributed by atoms with van der Waals surface area (Å²) in [5.41, 5.74) is 0. The summed E-state index contributed by atoms with van der Waals surface area (Å²) in [5.74, 6) is -0.660. The fourth-order valence-corrected chi connectivity index (χ4v) is 1.10. The Hall–Kier alpha value is 0.404. The van der Waals surface area contributed by atoms with Gasteiger partial charge in [0.15, 0.2) is 0 Å². The van der Waals surface area contributed by atoms with Crippen molar-refractivity contribution in [2.75, 3.05) is 6.61 Å². The fraction of sp³-hybridized carbons (Fsp3) is 0.700. The van der Waals surface area contributed by atoms with E-state index in [2.05, 4.69) is 4.74 Å². The summed E-state index contributed by atoms with van der Waals surface area (Å²) in [6.07, 6.45) is 4.16. The molecule has 14 heavy (non-hydrogen) atoms. The molecular weight excluding hydrogens is 257 g/mol. The summed E-state index contributed by atoms with van der Waals surface area (Å²) in [6, 6.07) is 0. The van der Waals surface area contributed by atoms with Gasteiger partial charge < -0.3 is 14.3 Å². The molecule has 0 aliphatic rings. The molecule has 0 N–H and O–H groups in total. The van der Waals surface area contributed by atoms with E-state index in [1.54, 1.807) is 13.2 Å². The molecule has 3 unspecified atom stereocenters. The van der Waals surface area contributed by atoms with Crippen LogP contribution in [-0.2, 0) is 47.0 Å². The third-order valence-corrected chi connectivity index (χ3v) is 1.98. The maximum absolute atomic E-state index is 10.5. The monoisotopic (exact) mass is 271 g/mol. The molecule has 0 spiro atoms. The molecule has 0 aromatic rings. The number of rotatable bonds is 7. The third-order valence-electron chi connectivity index (χ3n) is 1.98. The zero-order chi connectivity index (χ0) is 10.3. The van der Waals surface area contributed by atoms with Crippen LogP contribution in [0.15, 0.2) is 0 Å². The molecule has 0 aliphatic carbocycles. The van der Waals surface area contributed by atoms with Gasteiger partial charge in [0.05, 0.1) is 0 Å². The molecule has 3 radical (unpaired) electrons. The Morgan fingerprint density at radius 3 is 2.21 bits per heavy atom. The van der Waals surface area contributed by atoms with Crippen molar-refractivity contribution in [3.05, 3.63) is 7.11 Å². The van der Waals surface area contributed by atoms with Crippen LogP contribution in [0.4, 0.5) is 0 Å². The largest absolute Gasteiger partial charge is 0.542 e. The van der Waals surface area contributed by atoms with Crippen LogP contribution in [0.3, 0.4) is 0 Å². The van der Waals surface area contributed by atoms with Gasteiger partial charge in [0, 0.05) is 39.3 Å². The summed E-state index contributed by atoms with van der Waals surface area (Å²) >= 11 is 0. The molecule has 0 aliphatic heterocycles. The van der Waals surface area contributed by atoms with E-state index in [9.17, 15) is 9.59 Å². The van der Waals surface area contributed by atoms with Gasteiger partial charge in [-0.25, -0.2) is 0 Å². The summed E-state index contributed by atoms with van der Waals surface area (Å²) < 4.78 is 4.43. The quantitative estimate of drug-likeness (QED) is 0.653. The van der Waals surface area contributed by atoms with E-state index in [4.69, 9.17) is 7.11 Å². The van der Waals surface area contributed by atoms with Crippen molar-refractivity contribution in [3.8, 4) is 0 Å². The van der Waals surface area contributed by atoms with Gasteiger partial charge in [-0.15, -0.1) is 0 Å². The maximum Gasteiger partial charge on any atom is 0.115 e. The van der Waals surface area contributed by atoms with Crippen molar-refractivity contribution >= 4 is 12.6 Å². The summed E-state index contributed by atoms with van der Waals surface area (Å²) in [5, 5.41) is 0. The molecule has 0 rings (SSSR count). The van der Waals surface area contributed by atoms with Gasteiger partial charge >= 0.3 is 0 Å². The van der Waals surface area contributed by atoms with Gasteiger partial charge in [-0.2, -0.15) is 11.8 Å². The van der Waals surface area contributed by atoms with Gasteiger partial charge in [0.2, 0.25) is 0 Å². The average molecular weight is 271 g/mol. The summed E-state index contributed by atoms with van der Waals surface area (Å²) in [4.78, 5) is 20.8. The Kier molecular flexibility index (Phi) is 11.9. The average Bonchev–Trinajstić information content (AvgIpc) is 2.13. The van der Waals surface area contributed by atoms with Crippen LogP contribution in [-0.4, -0.2) is 19.2 Å². The molecule has 0 fully saturated rings. The molecular formula is C10H14O3Y-2. The van der Waals surface area contributed by atoms with Gasteiger partial charge in [-0.1, -0.05) is 20.3 Å². The van der Waals surface area contributed by atoms with Crippen molar-refractivity contribution in [3.63, 3.8) is 0 Å². The maximum atomic E-state index is 10.5. The SMILES string of the molecule is [CH]OCC(C)CC([C-]=O)C(C)[C-]=O.[Y]. The second-order valence-electron chi connectivity index (χ2n) is 3.31. The molecule has 3 nitrogen and oxygen atoms in total. The third kappa shape index (κ3) is 6.80. The topological polar surface area (TPSA) is 43.4 Å². The number of carbonyl (C=O) groups excluding carboxylic acids is 2. The van der Waals surface area contributed by atoms with Crippen LogP contribution in [0, 0.1) is 24.9 Å². The van der Waals surface area contributed by atoms with Crippen molar-refractivity contribution < 1.29 is 47.0 Å². The van der Waals surface area contributed by atoms with E-state index in [1.807, 2.05) is 13.2 Å². The van der Waals surface area contributed by atoms with Gasteiger partial charge in [0.1, 0.15) is 7.11 Å². The van der Waals surface area contributed by atoms with Crippen LogP contribution in [0.5, 0.6) is 0 Å². The Bertz CT molecular complexity index is 161. The number of ether oxygens (including phenoxy) is 1. The Balaban J connectivity index is 0. The van der Waals surface area contributed by atoms with Crippen molar-refractivity contribution in [1.29, 1.82) is 0 Å². The van der Waals surface area contributed by atoms with Crippen LogP contribution in [0.1, 0.15) is 20.3 Å². The van der Waals surface area contributed by atoms with Crippen molar-refractivity contribution in [2.24, 2.45) is 17.8 Å². The van der Waals surface area contributed by atoms with Gasteiger partial charge in [-0.3, -0.25) is 12.6 Å². The molecule has 0 aromatic carbocycles. The molecule has 77 valence electrons. The van der Waals surface area contributed by atoms with Crippen LogP contribution < -0.4 is 0 Å². The second-order valence-corrected chi connectivity index (χ2v) is 3.31. The Morgan fingerprint density at radius 1 is 1.29 bits per heavy atom. The molecule has 0 amide bonds. The zero-order valence-electron chi connectivity index (χ0n) is 8.53. The number of hydrogen-bond donors (Lipinski definition) is 0. The first-order valence-corrected chi connectivity index (χ1v) is 4.22. The molecule has 0 bridgehead atoms. The molecule has 4 heteroatoms. The summed E-state index contributed by atoms with van der Waals surface area (Å²) in [6.45, 7) is 3.93. The molecule has 0 saturated carbocycles. The first-order valence-electron chi connectivity index (χ1n) is 4.22. The predicted molar refractivity (Wildman–Crippen MR) is 48.1 cm³/mol. The summed E-state index contributed by atoms with van der Waals surface area (Å²) in [7, 11) is 4.88. The van der Waals surface area contributed by atoms with E-state index in [-0.39, 0.29) is 38.6 Å². The van der Waals surface area contributed by atoms with Crippen LogP contribution >= 0.6 is 0 Å². The molecule has 0 saturated heterocycles. The van der Waals surface area contributed by atoms with E-state index in [1.165, 1.54) is 0 Å². The van der Waals surface area contributed by atoms with Crippen molar-refractivity contribution in [1.82, 2.24) is 0 Å². The Morgan fingerprint density at radius 2 is 1.86 bits per heavy atom. The Labute approximate surface area is 111 Å². The van der Waals surface area contributed by atoms with Crippen LogP contribution in [0.25, 0.3) is 0 Å². The smallest absolute Gasteiger partial charge is 0.115 e. The first kappa shape index (κ1) is 16.8. The molecule has 3 atom stereocenters. The minimum atomic E-state index is -0.405. The van der Waals surface area contributed by atoms with Gasteiger partial charge in [0.25, 0.3) is 0 Å². The van der Waals surface area contributed by atoms with E-state index < -0.39 is 11.8 Å². The zero-order valence-corrected chi connectivity index (χ0v) is 11.4. The van der Waals surface area contributed by atoms with E-state index in [0.717, 1.165) is 0 Å². The fourth-order valence-electron chi connectivity index (χ4n) is 1.10. The van der Waals surface area contributed by atoms with E-state index >= 15 is 0 Å². The standard InChI is InChI=1S/C10H14O3.Y/c1-8(7-13-3)4-10(6-12)9(2)5-11;/h3,8-10H,4,7H2,1-2H3;/q-2;. The molecule has 0 heterocycles.